The summed E-state index contributed by atoms with van der Waals surface area (Å²) in [6, 6.07) is 7.39. The maximum absolute atomic E-state index is 12.5. The van der Waals surface area contributed by atoms with Crippen LogP contribution in [-0.4, -0.2) is 53.5 Å². The number of rotatable bonds is 5. The molecule has 1 N–H and O–H groups in total. The fourth-order valence-corrected chi connectivity index (χ4v) is 3.13. The minimum atomic E-state index is -0.782. The Morgan fingerprint density at radius 3 is 2.48 bits per heavy atom. The van der Waals surface area contributed by atoms with E-state index in [1.54, 1.807) is 11.9 Å². The van der Waals surface area contributed by atoms with Gasteiger partial charge >= 0.3 is 5.97 Å². The van der Waals surface area contributed by atoms with Crippen molar-refractivity contribution >= 4 is 23.5 Å². The van der Waals surface area contributed by atoms with Crippen LogP contribution in [0.4, 0.5) is 0 Å². The molecule has 1 fully saturated rings. The minimum absolute atomic E-state index is 0.00862. The van der Waals surface area contributed by atoms with Crippen molar-refractivity contribution in [3.05, 3.63) is 34.9 Å². The van der Waals surface area contributed by atoms with Crippen LogP contribution in [0, 0.1) is 11.8 Å². The van der Waals surface area contributed by atoms with Gasteiger partial charge in [-0.25, -0.2) is 0 Å². The molecule has 0 saturated carbocycles. The lowest BCUT2D eigenvalue weighted by Crippen LogP contribution is -2.39. The van der Waals surface area contributed by atoms with Crippen LogP contribution >= 0.6 is 11.6 Å². The van der Waals surface area contributed by atoms with Gasteiger partial charge in [0.25, 0.3) is 0 Å². The smallest absolute Gasteiger partial charge is 0.308 e. The third-order valence-electron chi connectivity index (χ3n) is 4.69. The molecule has 6 heteroatoms. The molecule has 126 valence electrons. The van der Waals surface area contributed by atoms with Gasteiger partial charge in [0.15, 0.2) is 0 Å². The topological polar surface area (TPSA) is 60.9 Å². The molecule has 0 aromatic heterocycles. The number of amides is 1. The number of carbonyl (C=O) groups excluding carboxylic acids is 1. The van der Waals surface area contributed by atoms with E-state index < -0.39 is 5.97 Å². The van der Waals surface area contributed by atoms with E-state index in [2.05, 4.69) is 0 Å². The quantitative estimate of drug-likeness (QED) is 0.896. The Bertz CT molecular complexity index is 576. The molecule has 1 aliphatic rings. The van der Waals surface area contributed by atoms with Crippen molar-refractivity contribution in [2.45, 2.75) is 19.9 Å². The predicted molar refractivity (Wildman–Crippen MR) is 89.4 cm³/mol. The minimum Gasteiger partial charge on any atom is -0.481 e. The lowest BCUT2D eigenvalue weighted by atomic mass is 9.99. The van der Waals surface area contributed by atoms with Crippen molar-refractivity contribution in [1.82, 2.24) is 9.80 Å². The average molecular weight is 339 g/mol. The lowest BCUT2D eigenvalue weighted by Gasteiger charge is -2.27. The second kappa shape index (κ2) is 7.32. The second-order valence-corrected chi connectivity index (χ2v) is 6.78. The van der Waals surface area contributed by atoms with E-state index in [1.165, 1.54) is 0 Å². The van der Waals surface area contributed by atoms with Gasteiger partial charge < -0.3 is 10.0 Å². The Kier molecular flexibility index (Phi) is 5.65. The number of benzene rings is 1. The van der Waals surface area contributed by atoms with Gasteiger partial charge in [-0.2, -0.15) is 0 Å². The molecule has 1 aromatic rings. The number of hydrogen-bond donors (Lipinski definition) is 1. The number of carboxylic acid groups (broad SMARTS) is 1. The highest BCUT2D eigenvalue weighted by Gasteiger charge is 2.35. The van der Waals surface area contributed by atoms with Gasteiger partial charge in [0.05, 0.1) is 18.5 Å². The summed E-state index contributed by atoms with van der Waals surface area (Å²) < 4.78 is 0. The van der Waals surface area contributed by atoms with Crippen molar-refractivity contribution in [3.63, 3.8) is 0 Å². The molecule has 1 aliphatic heterocycles. The highest BCUT2D eigenvalue weighted by molar-refractivity contribution is 6.30. The van der Waals surface area contributed by atoms with E-state index in [-0.39, 0.29) is 30.3 Å². The summed E-state index contributed by atoms with van der Waals surface area (Å²) in [6.07, 6.45) is 0. The summed E-state index contributed by atoms with van der Waals surface area (Å²) in [5.74, 6) is -1.11. The maximum Gasteiger partial charge on any atom is 0.308 e. The molecule has 5 nitrogen and oxygen atoms in total. The van der Waals surface area contributed by atoms with Gasteiger partial charge in [0.1, 0.15) is 0 Å². The van der Waals surface area contributed by atoms with Gasteiger partial charge in [-0.3, -0.25) is 14.5 Å². The number of carboxylic acids is 1. The van der Waals surface area contributed by atoms with E-state index in [9.17, 15) is 14.7 Å². The number of carbonyl (C=O) groups is 2. The zero-order valence-electron chi connectivity index (χ0n) is 13.7. The first-order valence-electron chi connectivity index (χ1n) is 7.76. The van der Waals surface area contributed by atoms with E-state index in [0.29, 0.717) is 18.1 Å². The van der Waals surface area contributed by atoms with Crippen LogP contribution in [-0.2, 0) is 9.59 Å². The summed E-state index contributed by atoms with van der Waals surface area (Å²) in [4.78, 5) is 27.3. The van der Waals surface area contributed by atoms with E-state index >= 15 is 0 Å². The summed E-state index contributed by atoms with van der Waals surface area (Å²) in [6.45, 7) is 5.22. The third kappa shape index (κ3) is 4.24. The standard InChI is InChI=1S/C17H23ClN2O3/c1-11-8-20(9-15(11)17(22)23)10-16(21)19(3)12(2)13-4-6-14(18)7-5-13/h4-7,11-12,15H,8-10H2,1-3H3,(H,22,23)/t11-,12?,15-/m1/s1. The Morgan fingerprint density at radius 1 is 1.35 bits per heavy atom. The summed E-state index contributed by atoms with van der Waals surface area (Å²) in [5, 5.41) is 9.84. The van der Waals surface area contributed by atoms with Crippen LogP contribution in [0.3, 0.4) is 0 Å². The van der Waals surface area contributed by atoms with Crippen LogP contribution in [0.5, 0.6) is 0 Å². The average Bonchev–Trinajstić information content (AvgIpc) is 2.87. The van der Waals surface area contributed by atoms with Crippen LogP contribution in [0.1, 0.15) is 25.5 Å². The van der Waals surface area contributed by atoms with Gasteiger partial charge in [-0.1, -0.05) is 30.7 Å². The first-order chi connectivity index (χ1) is 10.8. The number of likely N-dealkylation sites (tertiary alicyclic amines) is 1. The van der Waals surface area contributed by atoms with Crippen molar-refractivity contribution in [2.75, 3.05) is 26.7 Å². The van der Waals surface area contributed by atoms with Crippen molar-refractivity contribution < 1.29 is 14.7 Å². The molecule has 1 unspecified atom stereocenters. The SMILES string of the molecule is CC(c1ccc(Cl)cc1)N(C)C(=O)CN1C[C@@H](C)[C@H](C(=O)O)C1. The predicted octanol–water partition coefficient (Wildman–Crippen LogP) is 2.51. The Morgan fingerprint density at radius 2 is 1.96 bits per heavy atom. The number of halogens is 1. The van der Waals surface area contributed by atoms with Gasteiger partial charge in [0, 0.05) is 25.2 Å². The van der Waals surface area contributed by atoms with Crippen molar-refractivity contribution in [3.8, 4) is 0 Å². The summed E-state index contributed by atoms with van der Waals surface area (Å²) in [5.41, 5.74) is 1.02. The Hall–Kier alpha value is -1.59. The first kappa shape index (κ1) is 17.8. The van der Waals surface area contributed by atoms with Gasteiger partial charge in [-0.15, -0.1) is 0 Å². The van der Waals surface area contributed by atoms with Gasteiger partial charge in [-0.05, 0) is 30.5 Å². The second-order valence-electron chi connectivity index (χ2n) is 6.35. The molecule has 3 atom stereocenters. The molecular weight excluding hydrogens is 316 g/mol. The van der Waals surface area contributed by atoms with Crippen molar-refractivity contribution in [1.29, 1.82) is 0 Å². The molecule has 1 aromatic carbocycles. The van der Waals surface area contributed by atoms with Crippen LogP contribution in [0.25, 0.3) is 0 Å². The molecule has 0 radical (unpaired) electrons. The lowest BCUT2D eigenvalue weighted by molar-refractivity contribution is -0.142. The highest BCUT2D eigenvalue weighted by Crippen LogP contribution is 2.24. The zero-order chi connectivity index (χ0) is 17.1. The largest absolute Gasteiger partial charge is 0.481 e. The molecule has 0 spiro atoms. The Labute approximate surface area is 141 Å². The normalized spacial score (nSPS) is 22.8. The molecule has 0 bridgehead atoms. The zero-order valence-corrected chi connectivity index (χ0v) is 14.5. The van der Waals surface area contributed by atoms with Crippen molar-refractivity contribution in [2.24, 2.45) is 11.8 Å². The highest BCUT2D eigenvalue weighted by atomic mass is 35.5. The summed E-state index contributed by atoms with van der Waals surface area (Å²) in [7, 11) is 1.77. The maximum atomic E-state index is 12.5. The molecule has 1 amide bonds. The number of likely N-dealkylation sites (N-methyl/N-ethyl adjacent to an activating group) is 1. The van der Waals surface area contributed by atoms with Crippen LogP contribution in [0.15, 0.2) is 24.3 Å². The number of nitrogens with zero attached hydrogens (tertiary/aromatic N) is 2. The van der Waals surface area contributed by atoms with E-state index in [0.717, 1.165) is 5.56 Å². The number of aliphatic carboxylic acids is 1. The number of hydrogen-bond acceptors (Lipinski definition) is 3. The molecular formula is C17H23ClN2O3. The first-order valence-corrected chi connectivity index (χ1v) is 8.13. The molecule has 0 aliphatic carbocycles. The molecule has 2 rings (SSSR count). The molecule has 1 heterocycles. The molecule has 23 heavy (non-hydrogen) atoms. The van der Waals surface area contributed by atoms with E-state index in [4.69, 9.17) is 11.6 Å². The van der Waals surface area contributed by atoms with Crippen LogP contribution < -0.4 is 0 Å². The molecule has 1 saturated heterocycles. The fraction of sp³-hybridized carbons (Fsp3) is 0.529. The van der Waals surface area contributed by atoms with E-state index in [1.807, 2.05) is 43.0 Å². The third-order valence-corrected chi connectivity index (χ3v) is 4.94. The monoisotopic (exact) mass is 338 g/mol. The van der Waals surface area contributed by atoms with Gasteiger partial charge in [0.2, 0.25) is 5.91 Å². The van der Waals surface area contributed by atoms with Crippen LogP contribution in [0.2, 0.25) is 5.02 Å². The Balaban J connectivity index is 1.95. The fourth-order valence-electron chi connectivity index (χ4n) is 3.00. The summed E-state index contributed by atoms with van der Waals surface area (Å²) >= 11 is 5.89.